The fourth-order valence-electron chi connectivity index (χ4n) is 1.60. The highest BCUT2D eigenvalue weighted by molar-refractivity contribution is 6.42. The molecule has 7 heteroatoms. The molecule has 2 N–H and O–H groups in total. The number of ether oxygens (including phenoxy) is 1. The first-order valence-corrected chi connectivity index (χ1v) is 7.13. The fourth-order valence-corrected chi connectivity index (χ4v) is 1.94. The van der Waals surface area contributed by atoms with Gasteiger partial charge in [0.2, 0.25) is 0 Å². The van der Waals surface area contributed by atoms with Gasteiger partial charge in [-0.15, -0.1) is 0 Å². The Hall–Kier alpha value is -1.46. The number of carboxylic acid groups (broad SMARTS) is 1. The van der Waals surface area contributed by atoms with Crippen LogP contribution in [0.3, 0.4) is 0 Å². The summed E-state index contributed by atoms with van der Waals surface area (Å²) in [6, 6.07) is 3.84. The van der Waals surface area contributed by atoms with E-state index in [1.807, 2.05) is 0 Å². The molecule has 1 rings (SSSR count). The Balaban J connectivity index is 2.75. The van der Waals surface area contributed by atoms with Gasteiger partial charge >= 0.3 is 5.97 Å². The van der Waals surface area contributed by atoms with Crippen molar-refractivity contribution in [3.8, 4) is 5.75 Å². The van der Waals surface area contributed by atoms with Crippen molar-refractivity contribution in [1.29, 1.82) is 0 Å². The molecule has 0 saturated heterocycles. The molecule has 0 aliphatic heterocycles. The summed E-state index contributed by atoms with van der Waals surface area (Å²) in [5.74, 6) is -1.60. The van der Waals surface area contributed by atoms with E-state index >= 15 is 0 Å². The number of benzene rings is 1. The van der Waals surface area contributed by atoms with Crippen LogP contribution in [-0.2, 0) is 9.59 Å². The fraction of sp³-hybridized carbons (Fsp3) is 0.429. The molecule has 0 radical (unpaired) electrons. The number of aliphatic carboxylic acids is 1. The molecule has 0 spiro atoms. The Labute approximate surface area is 133 Å². The van der Waals surface area contributed by atoms with Crippen molar-refractivity contribution in [2.24, 2.45) is 5.92 Å². The summed E-state index contributed by atoms with van der Waals surface area (Å²) >= 11 is 11.8. The second kappa shape index (κ2) is 7.52. The van der Waals surface area contributed by atoms with E-state index in [0.29, 0.717) is 5.02 Å². The predicted octanol–water partition coefficient (Wildman–Crippen LogP) is 2.99. The van der Waals surface area contributed by atoms with E-state index in [1.165, 1.54) is 6.92 Å². The van der Waals surface area contributed by atoms with E-state index in [4.69, 9.17) is 33.0 Å². The Bertz CT molecular complexity index is 534. The molecule has 0 saturated carbocycles. The SMILES string of the molecule is CC(Oc1cccc(Cl)c1Cl)C(=O)NC(C(=O)O)C(C)C. The average molecular weight is 334 g/mol. The van der Waals surface area contributed by atoms with Gasteiger partial charge in [-0.2, -0.15) is 0 Å². The van der Waals surface area contributed by atoms with Crippen molar-refractivity contribution in [3.05, 3.63) is 28.2 Å². The zero-order valence-corrected chi connectivity index (χ0v) is 13.4. The van der Waals surface area contributed by atoms with Crippen LogP contribution in [0.5, 0.6) is 5.75 Å². The molecular formula is C14H17Cl2NO4. The lowest BCUT2D eigenvalue weighted by molar-refractivity contribution is -0.144. The topological polar surface area (TPSA) is 75.6 Å². The van der Waals surface area contributed by atoms with Gasteiger partial charge in [-0.1, -0.05) is 43.1 Å². The van der Waals surface area contributed by atoms with Gasteiger partial charge in [-0.05, 0) is 25.0 Å². The molecule has 0 aliphatic carbocycles. The Morgan fingerprint density at radius 1 is 1.24 bits per heavy atom. The minimum absolute atomic E-state index is 0.206. The van der Waals surface area contributed by atoms with Gasteiger partial charge < -0.3 is 15.2 Å². The highest BCUT2D eigenvalue weighted by atomic mass is 35.5. The third-order valence-corrected chi connectivity index (χ3v) is 3.62. The summed E-state index contributed by atoms with van der Waals surface area (Å²) in [5, 5.41) is 12.0. The minimum Gasteiger partial charge on any atom is -0.480 e. The standard InChI is InChI=1S/C14H17Cl2NO4/c1-7(2)12(14(19)20)17-13(18)8(3)21-10-6-4-5-9(15)11(10)16/h4-8,12H,1-3H3,(H,17,18)(H,19,20). The minimum atomic E-state index is -1.09. The van der Waals surface area contributed by atoms with Crippen LogP contribution < -0.4 is 10.1 Å². The number of rotatable bonds is 6. The van der Waals surface area contributed by atoms with Crippen molar-refractivity contribution < 1.29 is 19.4 Å². The van der Waals surface area contributed by atoms with Crippen molar-refractivity contribution in [2.75, 3.05) is 0 Å². The molecular weight excluding hydrogens is 317 g/mol. The molecule has 2 unspecified atom stereocenters. The molecule has 1 aromatic carbocycles. The van der Waals surface area contributed by atoms with Gasteiger partial charge in [0.05, 0.1) is 5.02 Å². The maximum Gasteiger partial charge on any atom is 0.326 e. The monoisotopic (exact) mass is 333 g/mol. The number of carbonyl (C=O) groups is 2. The van der Waals surface area contributed by atoms with Gasteiger partial charge in [0.25, 0.3) is 5.91 Å². The lowest BCUT2D eigenvalue weighted by Gasteiger charge is -2.21. The summed E-state index contributed by atoms with van der Waals surface area (Å²) in [6.07, 6.45) is -0.901. The first-order valence-electron chi connectivity index (χ1n) is 6.38. The van der Waals surface area contributed by atoms with Gasteiger partial charge in [0, 0.05) is 0 Å². The van der Waals surface area contributed by atoms with Gasteiger partial charge in [0.15, 0.2) is 6.10 Å². The van der Waals surface area contributed by atoms with Crippen LogP contribution in [0.15, 0.2) is 18.2 Å². The first-order chi connectivity index (χ1) is 9.73. The molecule has 1 aromatic rings. The average Bonchev–Trinajstić information content (AvgIpc) is 2.40. The van der Waals surface area contributed by atoms with Gasteiger partial charge in [0.1, 0.15) is 16.8 Å². The van der Waals surface area contributed by atoms with Crippen molar-refractivity contribution in [2.45, 2.75) is 32.9 Å². The number of nitrogens with one attached hydrogen (secondary N) is 1. The zero-order valence-electron chi connectivity index (χ0n) is 11.9. The molecule has 0 heterocycles. The van der Waals surface area contributed by atoms with Crippen molar-refractivity contribution in [1.82, 2.24) is 5.32 Å². The smallest absolute Gasteiger partial charge is 0.326 e. The number of hydrogen-bond donors (Lipinski definition) is 2. The number of hydrogen-bond acceptors (Lipinski definition) is 3. The van der Waals surface area contributed by atoms with Crippen LogP contribution in [-0.4, -0.2) is 29.1 Å². The summed E-state index contributed by atoms with van der Waals surface area (Å²) in [6.45, 7) is 4.92. The van der Waals surface area contributed by atoms with E-state index in [1.54, 1.807) is 32.0 Å². The van der Waals surface area contributed by atoms with E-state index < -0.39 is 24.0 Å². The molecule has 2 atom stereocenters. The third kappa shape index (κ3) is 4.79. The normalized spacial score (nSPS) is 13.6. The predicted molar refractivity (Wildman–Crippen MR) is 81.0 cm³/mol. The van der Waals surface area contributed by atoms with Crippen LogP contribution in [0.25, 0.3) is 0 Å². The van der Waals surface area contributed by atoms with Gasteiger partial charge in [-0.25, -0.2) is 4.79 Å². The second-order valence-electron chi connectivity index (χ2n) is 4.88. The zero-order chi connectivity index (χ0) is 16.2. The second-order valence-corrected chi connectivity index (χ2v) is 5.67. The third-order valence-electron chi connectivity index (χ3n) is 2.82. The van der Waals surface area contributed by atoms with Crippen LogP contribution in [0, 0.1) is 5.92 Å². The van der Waals surface area contributed by atoms with Crippen LogP contribution >= 0.6 is 23.2 Å². The van der Waals surface area contributed by atoms with E-state index in [2.05, 4.69) is 5.32 Å². The number of halogens is 2. The van der Waals surface area contributed by atoms with Crippen molar-refractivity contribution in [3.63, 3.8) is 0 Å². The molecule has 0 aliphatic rings. The molecule has 116 valence electrons. The molecule has 0 aromatic heterocycles. The number of amides is 1. The lowest BCUT2D eigenvalue weighted by Crippen LogP contribution is -2.48. The quantitative estimate of drug-likeness (QED) is 0.839. The van der Waals surface area contributed by atoms with Crippen LogP contribution in [0.4, 0.5) is 0 Å². The maximum atomic E-state index is 12.0. The molecule has 21 heavy (non-hydrogen) atoms. The summed E-state index contributed by atoms with van der Waals surface area (Å²) in [7, 11) is 0. The lowest BCUT2D eigenvalue weighted by atomic mass is 10.0. The van der Waals surface area contributed by atoms with Crippen LogP contribution in [0.2, 0.25) is 10.0 Å². The van der Waals surface area contributed by atoms with E-state index in [0.717, 1.165) is 0 Å². The molecule has 0 bridgehead atoms. The Morgan fingerprint density at radius 2 is 1.86 bits per heavy atom. The number of carbonyl (C=O) groups excluding carboxylic acids is 1. The Kier molecular flexibility index (Phi) is 6.30. The maximum absolute atomic E-state index is 12.0. The summed E-state index contributed by atoms with van der Waals surface area (Å²) in [4.78, 5) is 23.0. The first kappa shape index (κ1) is 17.6. The Morgan fingerprint density at radius 3 is 2.38 bits per heavy atom. The molecule has 0 fully saturated rings. The number of carboxylic acids is 1. The molecule has 1 amide bonds. The molecule has 5 nitrogen and oxygen atoms in total. The van der Waals surface area contributed by atoms with Crippen molar-refractivity contribution >= 4 is 35.1 Å². The highest BCUT2D eigenvalue weighted by Gasteiger charge is 2.26. The van der Waals surface area contributed by atoms with Crippen LogP contribution in [0.1, 0.15) is 20.8 Å². The van der Waals surface area contributed by atoms with Gasteiger partial charge in [-0.3, -0.25) is 4.79 Å². The van der Waals surface area contributed by atoms with E-state index in [9.17, 15) is 9.59 Å². The summed E-state index contributed by atoms with van der Waals surface area (Å²) < 4.78 is 5.43. The van der Waals surface area contributed by atoms with E-state index in [-0.39, 0.29) is 16.7 Å². The highest BCUT2D eigenvalue weighted by Crippen LogP contribution is 2.32. The largest absolute Gasteiger partial charge is 0.480 e. The summed E-state index contributed by atoms with van der Waals surface area (Å²) in [5.41, 5.74) is 0.